The van der Waals surface area contributed by atoms with Crippen LogP contribution in [0.1, 0.15) is 30.0 Å². The van der Waals surface area contributed by atoms with Crippen molar-refractivity contribution in [2.75, 3.05) is 0 Å². The molecule has 0 N–H and O–H groups in total. The Bertz CT molecular complexity index is 1110. The Hall–Kier alpha value is -3.29. The van der Waals surface area contributed by atoms with Crippen LogP contribution in [-0.4, -0.2) is 0 Å². The summed E-state index contributed by atoms with van der Waals surface area (Å²) >= 11 is 6.13. The first-order valence-corrected chi connectivity index (χ1v) is 10.5. The summed E-state index contributed by atoms with van der Waals surface area (Å²) in [6, 6.07) is 36.8. The van der Waals surface area contributed by atoms with Crippen LogP contribution >= 0.6 is 11.6 Å². The molecule has 0 aliphatic heterocycles. The van der Waals surface area contributed by atoms with Gasteiger partial charge in [0.1, 0.15) is 11.5 Å². The highest BCUT2D eigenvalue weighted by atomic mass is 35.5. The highest BCUT2D eigenvalue weighted by molar-refractivity contribution is 6.30. The van der Waals surface area contributed by atoms with Crippen LogP contribution in [0.2, 0.25) is 5.02 Å². The molecule has 0 spiro atoms. The van der Waals surface area contributed by atoms with Crippen LogP contribution in [-0.2, 0) is 0 Å². The largest absolute Gasteiger partial charge is 0.457 e. The Morgan fingerprint density at radius 1 is 0.600 bits per heavy atom. The Labute approximate surface area is 183 Å². The molecular formula is C28H23ClO. The lowest BCUT2D eigenvalue weighted by Gasteiger charge is -2.17. The summed E-state index contributed by atoms with van der Waals surface area (Å²) in [5, 5.41) is 0.748. The summed E-state index contributed by atoms with van der Waals surface area (Å²) in [5.41, 5.74) is 6.06. The van der Waals surface area contributed by atoms with Gasteiger partial charge in [-0.15, -0.1) is 0 Å². The molecule has 0 aromatic heterocycles. The summed E-state index contributed by atoms with van der Waals surface area (Å²) in [6.07, 6.45) is 0.911. The molecule has 0 amide bonds. The third-order valence-corrected chi connectivity index (χ3v) is 5.28. The Morgan fingerprint density at radius 2 is 1.10 bits per heavy atom. The van der Waals surface area contributed by atoms with Gasteiger partial charge in [-0.3, -0.25) is 0 Å². The molecule has 30 heavy (non-hydrogen) atoms. The fraction of sp³-hybridized carbons (Fsp3) is 0.0714. The van der Waals surface area contributed by atoms with Gasteiger partial charge >= 0.3 is 0 Å². The van der Waals surface area contributed by atoms with Crippen molar-refractivity contribution >= 4 is 22.7 Å². The number of halogens is 1. The molecule has 4 rings (SSSR count). The van der Waals surface area contributed by atoms with Gasteiger partial charge in [-0.25, -0.2) is 0 Å². The predicted octanol–water partition coefficient (Wildman–Crippen LogP) is 8.50. The average Bonchev–Trinajstić information content (AvgIpc) is 2.80. The van der Waals surface area contributed by atoms with Crippen molar-refractivity contribution in [2.45, 2.75) is 13.3 Å². The Kier molecular flexibility index (Phi) is 6.32. The number of ether oxygens (including phenoxy) is 1. The van der Waals surface area contributed by atoms with Crippen LogP contribution in [0.4, 0.5) is 0 Å². The maximum absolute atomic E-state index is 6.13. The second kappa shape index (κ2) is 9.47. The molecule has 0 aliphatic rings. The van der Waals surface area contributed by atoms with E-state index in [4.69, 9.17) is 16.3 Å². The van der Waals surface area contributed by atoms with Gasteiger partial charge in [-0.05, 0) is 70.7 Å². The van der Waals surface area contributed by atoms with Gasteiger partial charge in [0, 0.05) is 5.02 Å². The zero-order chi connectivity index (χ0) is 20.8. The first-order valence-electron chi connectivity index (χ1n) is 10.1. The average molecular weight is 411 g/mol. The SMILES string of the molecule is CC/C(=C(/c1ccccc1)c1ccc(Oc2ccccc2)cc1)c1ccc(Cl)cc1. The van der Waals surface area contributed by atoms with Crippen molar-refractivity contribution in [2.24, 2.45) is 0 Å². The van der Waals surface area contributed by atoms with Gasteiger partial charge in [0.05, 0.1) is 0 Å². The molecule has 0 fully saturated rings. The number of hydrogen-bond acceptors (Lipinski definition) is 1. The van der Waals surface area contributed by atoms with Gasteiger partial charge in [0.25, 0.3) is 0 Å². The Morgan fingerprint density at radius 3 is 1.70 bits per heavy atom. The molecule has 2 heteroatoms. The lowest BCUT2D eigenvalue weighted by atomic mass is 9.88. The molecule has 0 bridgehead atoms. The summed E-state index contributed by atoms with van der Waals surface area (Å²) in [5.74, 6) is 1.65. The van der Waals surface area contributed by atoms with Crippen LogP contribution in [0.3, 0.4) is 0 Å². The van der Waals surface area contributed by atoms with Crippen molar-refractivity contribution in [3.05, 3.63) is 131 Å². The highest BCUT2D eigenvalue weighted by Gasteiger charge is 2.13. The zero-order valence-corrected chi connectivity index (χ0v) is 17.6. The molecular weight excluding hydrogens is 388 g/mol. The van der Waals surface area contributed by atoms with E-state index in [-0.39, 0.29) is 0 Å². The van der Waals surface area contributed by atoms with E-state index in [1.54, 1.807) is 0 Å². The monoisotopic (exact) mass is 410 g/mol. The van der Waals surface area contributed by atoms with Crippen molar-refractivity contribution < 1.29 is 4.74 Å². The van der Waals surface area contributed by atoms with Crippen molar-refractivity contribution in [1.82, 2.24) is 0 Å². The molecule has 148 valence electrons. The minimum absolute atomic E-state index is 0.748. The third-order valence-electron chi connectivity index (χ3n) is 5.03. The van der Waals surface area contributed by atoms with Crippen LogP contribution in [0, 0.1) is 0 Å². The van der Waals surface area contributed by atoms with E-state index < -0.39 is 0 Å². The molecule has 0 saturated heterocycles. The summed E-state index contributed by atoms with van der Waals surface area (Å²) in [7, 11) is 0. The van der Waals surface area contributed by atoms with Crippen LogP contribution < -0.4 is 4.74 Å². The number of benzene rings is 4. The van der Waals surface area contributed by atoms with E-state index in [0.717, 1.165) is 28.5 Å². The lowest BCUT2D eigenvalue weighted by molar-refractivity contribution is 0.482. The smallest absolute Gasteiger partial charge is 0.127 e. The quantitative estimate of drug-likeness (QED) is 0.289. The van der Waals surface area contributed by atoms with E-state index in [1.165, 1.54) is 22.3 Å². The van der Waals surface area contributed by atoms with Gasteiger partial charge in [0.2, 0.25) is 0 Å². The van der Waals surface area contributed by atoms with Gasteiger partial charge < -0.3 is 4.74 Å². The van der Waals surface area contributed by atoms with Crippen molar-refractivity contribution in [1.29, 1.82) is 0 Å². The van der Waals surface area contributed by atoms with Gasteiger partial charge in [-0.1, -0.05) is 91.3 Å². The fourth-order valence-electron chi connectivity index (χ4n) is 3.61. The van der Waals surface area contributed by atoms with Crippen LogP contribution in [0.25, 0.3) is 11.1 Å². The van der Waals surface area contributed by atoms with E-state index in [2.05, 4.69) is 55.5 Å². The topological polar surface area (TPSA) is 9.23 Å². The summed E-state index contributed by atoms with van der Waals surface area (Å²) in [4.78, 5) is 0. The first-order chi connectivity index (χ1) is 14.7. The van der Waals surface area contributed by atoms with Crippen LogP contribution in [0.15, 0.2) is 109 Å². The second-order valence-corrected chi connectivity index (χ2v) is 7.46. The van der Waals surface area contributed by atoms with Crippen molar-refractivity contribution in [3.63, 3.8) is 0 Å². The molecule has 0 radical (unpaired) electrons. The Balaban J connectivity index is 1.77. The van der Waals surface area contributed by atoms with Gasteiger partial charge in [-0.2, -0.15) is 0 Å². The zero-order valence-electron chi connectivity index (χ0n) is 16.9. The van der Waals surface area contributed by atoms with E-state index >= 15 is 0 Å². The second-order valence-electron chi connectivity index (χ2n) is 7.02. The molecule has 4 aromatic rings. The molecule has 0 heterocycles. The van der Waals surface area contributed by atoms with Crippen LogP contribution in [0.5, 0.6) is 11.5 Å². The van der Waals surface area contributed by atoms with Gasteiger partial charge in [0.15, 0.2) is 0 Å². The summed E-state index contributed by atoms with van der Waals surface area (Å²) < 4.78 is 5.97. The van der Waals surface area contributed by atoms with E-state index in [9.17, 15) is 0 Å². The number of hydrogen-bond donors (Lipinski definition) is 0. The minimum atomic E-state index is 0.748. The van der Waals surface area contributed by atoms with E-state index in [1.807, 2.05) is 60.7 Å². The predicted molar refractivity (Wildman–Crippen MR) is 127 cm³/mol. The maximum Gasteiger partial charge on any atom is 0.127 e. The van der Waals surface area contributed by atoms with E-state index in [0.29, 0.717) is 0 Å². The number of rotatable bonds is 6. The number of allylic oxidation sites excluding steroid dienone is 1. The maximum atomic E-state index is 6.13. The fourth-order valence-corrected chi connectivity index (χ4v) is 3.74. The lowest BCUT2D eigenvalue weighted by Crippen LogP contribution is -1.95. The molecule has 4 aromatic carbocycles. The highest BCUT2D eigenvalue weighted by Crippen LogP contribution is 2.35. The van der Waals surface area contributed by atoms with Crippen molar-refractivity contribution in [3.8, 4) is 11.5 Å². The first kappa shape index (κ1) is 20.0. The molecule has 0 unspecified atom stereocenters. The molecule has 0 saturated carbocycles. The minimum Gasteiger partial charge on any atom is -0.457 e. The third kappa shape index (κ3) is 4.64. The normalized spacial score (nSPS) is 11.7. The number of para-hydroxylation sites is 1. The standard InChI is InChI=1S/C28H23ClO/c1-2-27(21-13-17-24(29)18-14-21)28(22-9-5-3-6-10-22)23-15-19-26(20-16-23)30-25-11-7-4-8-12-25/h3-20H,2H2,1H3/b28-27+. The summed E-state index contributed by atoms with van der Waals surface area (Å²) in [6.45, 7) is 2.19. The molecule has 0 aliphatic carbocycles. The molecule has 0 atom stereocenters. The molecule has 1 nitrogen and oxygen atoms in total.